The minimum atomic E-state index is -3.63. The molecule has 0 aromatic rings. The van der Waals surface area contributed by atoms with Gasteiger partial charge in [0.25, 0.3) is 0 Å². The number of nitrogens with one attached hydrogen (secondary N) is 1. The van der Waals surface area contributed by atoms with Gasteiger partial charge in [0.15, 0.2) is 0 Å². The van der Waals surface area contributed by atoms with E-state index in [0.717, 1.165) is 13.1 Å². The van der Waals surface area contributed by atoms with E-state index in [0.29, 0.717) is 13.1 Å². The van der Waals surface area contributed by atoms with Gasteiger partial charge in [0.05, 0.1) is 0 Å². The Bertz CT molecular complexity index is 139. The summed E-state index contributed by atoms with van der Waals surface area (Å²) >= 11 is 0. The number of hydrogen-bond acceptors (Lipinski definition) is 6. The van der Waals surface area contributed by atoms with E-state index in [1.54, 1.807) is 0 Å². The van der Waals surface area contributed by atoms with Gasteiger partial charge >= 0.3 is 103 Å². The molecule has 0 bridgehead atoms. The van der Waals surface area contributed by atoms with Gasteiger partial charge in [-0.05, 0) is 0 Å². The first-order valence-corrected chi connectivity index (χ1v) is 6.86. The molecule has 6 nitrogen and oxygen atoms in total. The summed E-state index contributed by atoms with van der Waals surface area (Å²) in [6.07, 6.45) is 7.50. The zero-order valence-corrected chi connectivity index (χ0v) is 19.0. The summed E-state index contributed by atoms with van der Waals surface area (Å²) in [4.78, 5) is 17.0. The van der Waals surface area contributed by atoms with Crippen LogP contribution in [-0.2, 0) is 4.57 Å². The Morgan fingerprint density at radius 3 is 1.28 bits per heavy atom. The van der Waals surface area contributed by atoms with Gasteiger partial charge < -0.3 is 31.1 Å². The molecule has 0 aromatic heterocycles. The van der Waals surface area contributed by atoms with Crippen LogP contribution >= 0.6 is 8.25 Å². The van der Waals surface area contributed by atoms with Crippen molar-refractivity contribution in [2.45, 2.75) is 32.1 Å². The van der Waals surface area contributed by atoms with Crippen molar-refractivity contribution in [3.8, 4) is 0 Å². The Balaban J connectivity index is -0.0000000801. The van der Waals surface area contributed by atoms with Crippen molar-refractivity contribution in [1.29, 1.82) is 0 Å². The van der Waals surface area contributed by atoms with Crippen LogP contribution in [0.1, 0.15) is 32.1 Å². The van der Waals surface area contributed by atoms with Crippen LogP contribution in [0, 0.1) is 0 Å². The van der Waals surface area contributed by atoms with Gasteiger partial charge in [0, 0.05) is 26.2 Å². The molecule has 0 spiro atoms. The van der Waals surface area contributed by atoms with E-state index in [1.807, 2.05) is 0 Å². The topological polar surface area (TPSA) is 127 Å². The Morgan fingerprint density at radius 1 is 0.889 bits per heavy atom. The fourth-order valence-corrected chi connectivity index (χ4v) is 1.21. The molecular formula is C9H24K2N3O3P. The van der Waals surface area contributed by atoms with Crippen molar-refractivity contribution in [1.82, 2.24) is 5.32 Å². The molecule has 1 rings (SSSR count). The van der Waals surface area contributed by atoms with Gasteiger partial charge in [-0.25, -0.2) is 0 Å². The summed E-state index contributed by atoms with van der Waals surface area (Å²) in [5.41, 5.74) is 10.3. The van der Waals surface area contributed by atoms with Crippen molar-refractivity contribution >= 4 is 8.25 Å². The predicted molar refractivity (Wildman–Crippen MR) is 63.1 cm³/mol. The van der Waals surface area contributed by atoms with Crippen molar-refractivity contribution in [3.05, 3.63) is 0 Å². The molecule has 0 unspecified atom stereocenters. The van der Waals surface area contributed by atoms with Crippen molar-refractivity contribution in [2.24, 2.45) is 11.5 Å². The molecule has 0 heterocycles. The minimum absolute atomic E-state index is 0. The Hall–Kier alpha value is 3.30. The Labute approximate surface area is 196 Å². The van der Waals surface area contributed by atoms with Gasteiger partial charge in [-0.2, -0.15) is 0 Å². The average Bonchev–Trinajstić information content (AvgIpc) is 2.75. The van der Waals surface area contributed by atoms with Crippen LogP contribution in [-0.4, -0.2) is 26.2 Å². The fourth-order valence-electron chi connectivity index (χ4n) is 1.21. The minimum Gasteiger partial charge on any atom is -0.813 e. The third kappa shape index (κ3) is 42.7. The summed E-state index contributed by atoms with van der Waals surface area (Å²) in [5.74, 6) is 0. The van der Waals surface area contributed by atoms with Crippen LogP contribution in [0.2, 0.25) is 0 Å². The molecule has 0 saturated heterocycles. The van der Waals surface area contributed by atoms with Gasteiger partial charge in [-0.1, -0.05) is 40.4 Å². The molecule has 0 atom stereocenters. The quantitative estimate of drug-likeness (QED) is 0.267. The molecule has 9 heteroatoms. The number of nitrogens with two attached hydrogens (primary N) is 2. The van der Waals surface area contributed by atoms with Gasteiger partial charge in [-0.3, -0.25) is 0 Å². The second-order valence-corrected chi connectivity index (χ2v) is 3.85. The molecule has 0 aliphatic heterocycles. The SMILES string of the molecule is C1CCCC1.NCCNCCN.O=[PH]([O-])[O-].[K+].[K+]. The summed E-state index contributed by atoms with van der Waals surface area (Å²) in [6, 6.07) is 0. The maximum Gasteiger partial charge on any atom is 1.00 e. The first kappa shape index (κ1) is 29.3. The van der Waals surface area contributed by atoms with E-state index in [-0.39, 0.29) is 103 Å². The Kier molecular flexibility index (Phi) is 46.4. The monoisotopic (exact) mass is 331 g/mol. The first-order chi connectivity index (χ1) is 7.65. The molecule has 1 aliphatic carbocycles. The van der Waals surface area contributed by atoms with Crippen LogP contribution in [0.15, 0.2) is 0 Å². The van der Waals surface area contributed by atoms with E-state index in [4.69, 9.17) is 25.8 Å². The smallest absolute Gasteiger partial charge is 0.813 e. The van der Waals surface area contributed by atoms with Crippen LogP contribution in [0.3, 0.4) is 0 Å². The molecule has 0 aromatic carbocycles. The molecule has 0 radical (unpaired) electrons. The molecule has 18 heavy (non-hydrogen) atoms. The van der Waals surface area contributed by atoms with Crippen LogP contribution < -0.4 is 129 Å². The number of hydrogen-bond donors (Lipinski definition) is 3. The predicted octanol–water partition coefficient (Wildman–Crippen LogP) is -7.45. The standard InChI is InChI=1S/C5H10.C4H13N3.2K.H3O3P/c1-2-4-5-3-1;5-1-3-7-4-2-6;;;1-4(2)3/h1-5H2;7H,1-6H2;;;4H,(H2,1,2,3)/q;;2*+1;/p-2. The van der Waals surface area contributed by atoms with E-state index < -0.39 is 8.25 Å². The largest absolute Gasteiger partial charge is 1.00 e. The van der Waals surface area contributed by atoms with Crippen molar-refractivity contribution < 1.29 is 117 Å². The zero-order chi connectivity index (χ0) is 12.6. The van der Waals surface area contributed by atoms with Gasteiger partial charge in [-0.15, -0.1) is 0 Å². The molecule has 1 fully saturated rings. The molecular weight excluding hydrogens is 307 g/mol. The molecule has 1 saturated carbocycles. The third-order valence-electron chi connectivity index (χ3n) is 1.89. The summed E-state index contributed by atoms with van der Waals surface area (Å²) in [5, 5.41) is 3.03. The van der Waals surface area contributed by atoms with Gasteiger partial charge in [0.2, 0.25) is 0 Å². The molecule has 0 amide bonds. The second kappa shape index (κ2) is 28.5. The summed E-state index contributed by atoms with van der Waals surface area (Å²) < 4.78 is 8.52. The van der Waals surface area contributed by atoms with Crippen LogP contribution in [0.4, 0.5) is 0 Å². The van der Waals surface area contributed by atoms with Crippen LogP contribution in [0.25, 0.3) is 0 Å². The summed E-state index contributed by atoms with van der Waals surface area (Å²) in [6.45, 7) is 3.13. The van der Waals surface area contributed by atoms with E-state index in [9.17, 15) is 0 Å². The molecule has 5 N–H and O–H groups in total. The van der Waals surface area contributed by atoms with Gasteiger partial charge in [0.1, 0.15) is 0 Å². The zero-order valence-electron chi connectivity index (χ0n) is 11.7. The Morgan fingerprint density at radius 2 is 1.11 bits per heavy atom. The van der Waals surface area contributed by atoms with E-state index in [1.165, 1.54) is 32.1 Å². The second-order valence-electron chi connectivity index (χ2n) is 3.35. The van der Waals surface area contributed by atoms with E-state index >= 15 is 0 Å². The third-order valence-corrected chi connectivity index (χ3v) is 1.89. The van der Waals surface area contributed by atoms with Crippen molar-refractivity contribution in [3.63, 3.8) is 0 Å². The first-order valence-electron chi connectivity index (χ1n) is 5.64. The maximum atomic E-state index is 8.52. The van der Waals surface area contributed by atoms with Crippen molar-refractivity contribution in [2.75, 3.05) is 26.2 Å². The summed E-state index contributed by atoms with van der Waals surface area (Å²) in [7, 11) is -3.63. The average molecular weight is 331 g/mol. The number of rotatable bonds is 4. The molecule has 1 aliphatic rings. The van der Waals surface area contributed by atoms with E-state index in [2.05, 4.69) is 5.32 Å². The normalized spacial score (nSPS) is 12.3. The maximum absolute atomic E-state index is 8.52. The molecule has 100 valence electrons. The van der Waals surface area contributed by atoms with Crippen LogP contribution in [0.5, 0.6) is 0 Å². The fraction of sp³-hybridized carbons (Fsp3) is 1.00.